The van der Waals surface area contributed by atoms with Crippen molar-refractivity contribution in [1.29, 1.82) is 0 Å². The molecule has 2 heterocycles. The van der Waals surface area contributed by atoms with Crippen LogP contribution in [0.1, 0.15) is 36.3 Å². The van der Waals surface area contributed by atoms with Crippen molar-refractivity contribution < 1.29 is 44.1 Å². The van der Waals surface area contributed by atoms with Gasteiger partial charge in [0.05, 0.1) is 36.8 Å². The SMILES string of the molecule is COCC1=C([C@H](O)CC/C(=C/c2ccc(CO)o2)c2ccccc2)[C@H](CO)[C@@H]2C(=O)N(c3cccc(B(O)O)c3)C(=O)[C@@H]2C1. The number of methoxy groups -OCH3 is 1. The minimum Gasteiger partial charge on any atom is -0.459 e. The molecule has 1 aromatic heterocycles. The van der Waals surface area contributed by atoms with Crippen LogP contribution in [0, 0.1) is 17.8 Å². The molecule has 5 N–H and O–H groups in total. The lowest BCUT2D eigenvalue weighted by Gasteiger charge is -2.36. The molecule has 1 saturated heterocycles. The number of anilines is 1. The van der Waals surface area contributed by atoms with E-state index in [1.165, 1.54) is 25.3 Å². The number of carbonyl (C=O) groups is 2. The average Bonchev–Trinajstić information content (AvgIpc) is 3.60. The molecule has 2 aliphatic rings. The van der Waals surface area contributed by atoms with Crippen molar-refractivity contribution in [2.45, 2.75) is 32.0 Å². The van der Waals surface area contributed by atoms with Crippen molar-refractivity contribution in [3.8, 4) is 0 Å². The number of fused-ring (bicyclic) bond motifs is 1. The Labute approximate surface area is 255 Å². The monoisotopic (exact) mass is 601 g/mol. The first-order valence-electron chi connectivity index (χ1n) is 14.6. The lowest BCUT2D eigenvalue weighted by atomic mass is 9.68. The van der Waals surface area contributed by atoms with Gasteiger partial charge in [-0.05, 0) is 77.3 Å². The third-order valence-corrected chi connectivity index (χ3v) is 8.47. The molecule has 2 amide bonds. The van der Waals surface area contributed by atoms with Gasteiger partial charge in [0.25, 0.3) is 0 Å². The number of aliphatic hydroxyl groups is 3. The third kappa shape index (κ3) is 6.34. The van der Waals surface area contributed by atoms with Gasteiger partial charge in [0.2, 0.25) is 11.8 Å². The predicted octanol–water partition coefficient (Wildman–Crippen LogP) is 1.89. The van der Waals surface area contributed by atoms with Crippen LogP contribution < -0.4 is 10.4 Å². The van der Waals surface area contributed by atoms with Gasteiger partial charge in [0.1, 0.15) is 18.1 Å². The van der Waals surface area contributed by atoms with E-state index in [0.717, 1.165) is 16.0 Å². The number of nitrogens with zero attached hydrogens (tertiary/aromatic N) is 1. The number of carbonyl (C=O) groups excluding carboxylic acids is 2. The van der Waals surface area contributed by atoms with Crippen LogP contribution in [0.15, 0.2) is 82.3 Å². The molecule has 10 nitrogen and oxygen atoms in total. The van der Waals surface area contributed by atoms with Crippen molar-refractivity contribution in [1.82, 2.24) is 0 Å². The van der Waals surface area contributed by atoms with Crippen molar-refractivity contribution >= 4 is 41.7 Å². The highest BCUT2D eigenvalue weighted by atomic mass is 16.5. The van der Waals surface area contributed by atoms with Gasteiger partial charge in [-0.2, -0.15) is 0 Å². The fourth-order valence-corrected chi connectivity index (χ4v) is 6.47. The quantitative estimate of drug-likeness (QED) is 0.119. The van der Waals surface area contributed by atoms with Crippen molar-refractivity contribution in [2.75, 3.05) is 25.2 Å². The Morgan fingerprint density at radius 2 is 1.84 bits per heavy atom. The molecule has 0 unspecified atom stereocenters. The molecule has 1 fully saturated rings. The highest BCUT2D eigenvalue weighted by molar-refractivity contribution is 6.58. The van der Waals surface area contributed by atoms with E-state index in [9.17, 15) is 35.0 Å². The number of ether oxygens (including phenoxy) is 1. The molecule has 44 heavy (non-hydrogen) atoms. The number of hydrogen-bond acceptors (Lipinski definition) is 9. The summed E-state index contributed by atoms with van der Waals surface area (Å²) in [5, 5.41) is 50.9. The summed E-state index contributed by atoms with van der Waals surface area (Å²) in [5.74, 6) is -2.43. The van der Waals surface area contributed by atoms with Crippen molar-refractivity contribution in [2.24, 2.45) is 17.8 Å². The summed E-state index contributed by atoms with van der Waals surface area (Å²) < 4.78 is 11.1. The van der Waals surface area contributed by atoms with E-state index in [4.69, 9.17) is 9.15 Å². The van der Waals surface area contributed by atoms with Crippen LogP contribution >= 0.6 is 0 Å². The second-order valence-corrected chi connectivity index (χ2v) is 11.2. The molecule has 11 heteroatoms. The highest BCUT2D eigenvalue weighted by Crippen LogP contribution is 2.47. The van der Waals surface area contributed by atoms with Gasteiger partial charge < -0.3 is 34.5 Å². The van der Waals surface area contributed by atoms with E-state index in [0.29, 0.717) is 29.1 Å². The summed E-state index contributed by atoms with van der Waals surface area (Å²) in [6, 6.07) is 19.0. The largest absolute Gasteiger partial charge is 0.488 e. The number of furan rings is 1. The molecule has 0 spiro atoms. The fraction of sp³-hybridized carbons (Fsp3) is 0.333. The minimum absolute atomic E-state index is 0.123. The van der Waals surface area contributed by atoms with Gasteiger partial charge in [-0.15, -0.1) is 0 Å². The van der Waals surface area contributed by atoms with Crippen LogP contribution in [0.5, 0.6) is 0 Å². The number of amides is 2. The van der Waals surface area contributed by atoms with E-state index in [-0.39, 0.29) is 37.2 Å². The normalized spacial score (nSPS) is 21.2. The number of hydrogen-bond donors (Lipinski definition) is 5. The van der Waals surface area contributed by atoms with E-state index in [1.54, 1.807) is 18.2 Å². The Hall–Kier alpha value is -3.84. The maximum Gasteiger partial charge on any atom is 0.488 e. The predicted molar refractivity (Wildman–Crippen MR) is 164 cm³/mol. The van der Waals surface area contributed by atoms with Crippen LogP contribution in [-0.2, 0) is 20.9 Å². The van der Waals surface area contributed by atoms with E-state index >= 15 is 0 Å². The number of allylic oxidation sites excluding steroid dienone is 1. The van der Waals surface area contributed by atoms with Crippen molar-refractivity contribution in [3.05, 3.63) is 95.0 Å². The van der Waals surface area contributed by atoms with Gasteiger partial charge in [-0.25, -0.2) is 0 Å². The standard InChI is InChI=1S/C33H36BNO9/c1-43-19-22-15-27-31(33(40)35(32(27)39)24-9-5-8-23(16-24)34(41)42)28(18-37)30(22)29(38)13-10-21(20-6-3-2-4-7-20)14-25-11-12-26(17-36)44-25/h2-9,11-12,14,16,27-29,31,36-38,41-42H,10,13,15,17-19H2,1H3/b21-14-/t27-,28+,29-,31-/m1/s1. The topological polar surface area (TPSA) is 161 Å². The maximum absolute atomic E-state index is 13.8. The molecule has 3 aromatic rings. The van der Waals surface area contributed by atoms with E-state index in [2.05, 4.69) is 0 Å². The van der Waals surface area contributed by atoms with Crippen LogP contribution in [0.3, 0.4) is 0 Å². The molecule has 0 radical (unpaired) electrons. The fourth-order valence-electron chi connectivity index (χ4n) is 6.47. The number of aliphatic hydroxyl groups excluding tert-OH is 3. The summed E-state index contributed by atoms with van der Waals surface area (Å²) in [6.45, 7) is -0.555. The Kier molecular flexibility index (Phi) is 9.95. The zero-order valence-corrected chi connectivity index (χ0v) is 24.4. The van der Waals surface area contributed by atoms with E-state index < -0.39 is 49.4 Å². The van der Waals surface area contributed by atoms with Crippen LogP contribution in [0.4, 0.5) is 5.69 Å². The zero-order chi connectivity index (χ0) is 31.4. The summed E-state index contributed by atoms with van der Waals surface area (Å²) in [7, 11) is -0.261. The van der Waals surface area contributed by atoms with Crippen LogP contribution in [0.2, 0.25) is 0 Å². The molecular weight excluding hydrogens is 565 g/mol. The third-order valence-electron chi connectivity index (χ3n) is 8.47. The lowest BCUT2D eigenvalue weighted by Crippen LogP contribution is -2.39. The second kappa shape index (κ2) is 13.9. The van der Waals surface area contributed by atoms with Crippen LogP contribution in [-0.4, -0.2) is 70.7 Å². The lowest BCUT2D eigenvalue weighted by molar-refractivity contribution is -0.123. The Morgan fingerprint density at radius 1 is 1.07 bits per heavy atom. The Bertz CT molecular complexity index is 1550. The van der Waals surface area contributed by atoms with Gasteiger partial charge in [0.15, 0.2) is 0 Å². The summed E-state index contributed by atoms with van der Waals surface area (Å²) >= 11 is 0. The number of imide groups is 1. The molecule has 1 aliphatic carbocycles. The molecule has 2 aromatic carbocycles. The molecule has 4 atom stereocenters. The Morgan fingerprint density at radius 3 is 2.50 bits per heavy atom. The highest BCUT2D eigenvalue weighted by Gasteiger charge is 2.55. The van der Waals surface area contributed by atoms with Gasteiger partial charge >= 0.3 is 7.12 Å². The van der Waals surface area contributed by atoms with Gasteiger partial charge in [-0.3, -0.25) is 14.5 Å². The summed E-state index contributed by atoms with van der Waals surface area (Å²) in [4.78, 5) is 28.5. The second-order valence-electron chi connectivity index (χ2n) is 11.2. The van der Waals surface area contributed by atoms with E-state index in [1.807, 2.05) is 36.4 Å². The van der Waals surface area contributed by atoms with Crippen LogP contribution in [0.25, 0.3) is 11.6 Å². The smallest absolute Gasteiger partial charge is 0.459 e. The number of rotatable bonds is 12. The average molecular weight is 601 g/mol. The van der Waals surface area contributed by atoms with Gasteiger partial charge in [0, 0.05) is 13.0 Å². The zero-order valence-electron chi connectivity index (χ0n) is 24.4. The number of benzene rings is 2. The molecular formula is C33H36BNO9. The molecule has 0 saturated carbocycles. The first kappa shape index (κ1) is 31.6. The summed E-state index contributed by atoms with van der Waals surface area (Å²) in [6.07, 6.45) is 1.68. The summed E-state index contributed by atoms with van der Waals surface area (Å²) in [5.41, 5.74) is 3.34. The van der Waals surface area contributed by atoms with Crippen molar-refractivity contribution in [3.63, 3.8) is 0 Å². The first-order valence-corrected chi connectivity index (χ1v) is 14.6. The molecule has 0 bridgehead atoms. The first-order chi connectivity index (χ1) is 21.3. The molecule has 5 rings (SSSR count). The minimum atomic E-state index is -1.77. The molecule has 1 aliphatic heterocycles. The Balaban J connectivity index is 1.44. The maximum atomic E-state index is 13.8. The molecule has 230 valence electrons. The van der Waals surface area contributed by atoms with Gasteiger partial charge in [-0.1, -0.05) is 42.5 Å².